The van der Waals surface area contributed by atoms with E-state index in [1.807, 2.05) is 49.4 Å². The van der Waals surface area contributed by atoms with E-state index in [1.165, 1.54) is 0 Å². The average molecular weight is 378 g/mol. The summed E-state index contributed by atoms with van der Waals surface area (Å²) in [6, 6.07) is 14.7. The Bertz CT molecular complexity index is 1040. The number of aromatic nitrogens is 2. The molecule has 28 heavy (non-hydrogen) atoms. The zero-order valence-electron chi connectivity index (χ0n) is 15.6. The van der Waals surface area contributed by atoms with Crippen LogP contribution in [0.5, 0.6) is 5.75 Å². The minimum absolute atomic E-state index is 0.116. The molecule has 1 amide bonds. The molecule has 2 N–H and O–H groups in total. The first kappa shape index (κ1) is 19.3. The molecule has 3 aromatic rings. The highest BCUT2D eigenvalue weighted by Crippen LogP contribution is 2.12. The molecule has 0 saturated heterocycles. The number of hydrazone groups is 1. The molecule has 0 radical (unpaired) electrons. The minimum atomic E-state index is -0.288. The van der Waals surface area contributed by atoms with Crippen LogP contribution in [0.15, 0.2) is 58.4 Å². The maximum Gasteiger partial charge on any atom is 0.270 e. The van der Waals surface area contributed by atoms with Gasteiger partial charge in [0.05, 0.1) is 23.9 Å². The number of hydrogen-bond acceptors (Lipinski definition) is 5. The van der Waals surface area contributed by atoms with Crippen molar-refractivity contribution in [3.63, 3.8) is 0 Å². The number of benzene rings is 2. The third-order valence-corrected chi connectivity index (χ3v) is 3.99. The summed E-state index contributed by atoms with van der Waals surface area (Å²) in [7, 11) is 0. The Morgan fingerprint density at radius 2 is 2.11 bits per heavy atom. The van der Waals surface area contributed by atoms with Gasteiger partial charge >= 0.3 is 0 Å². The van der Waals surface area contributed by atoms with Gasteiger partial charge in [0.2, 0.25) is 5.91 Å². The number of carbonyl (C=O) groups excluding carboxylic acids is 1. The van der Waals surface area contributed by atoms with Gasteiger partial charge in [-0.3, -0.25) is 9.59 Å². The summed E-state index contributed by atoms with van der Waals surface area (Å²) in [6.45, 7) is 2.70. The summed E-state index contributed by atoms with van der Waals surface area (Å²) >= 11 is 0. The van der Waals surface area contributed by atoms with Crippen molar-refractivity contribution in [1.82, 2.24) is 15.4 Å². The Morgan fingerprint density at radius 1 is 1.25 bits per heavy atom. The second-order valence-electron chi connectivity index (χ2n) is 6.24. The molecule has 2 aromatic carbocycles. The number of rotatable bonds is 8. The van der Waals surface area contributed by atoms with Crippen LogP contribution in [0, 0.1) is 0 Å². The van der Waals surface area contributed by atoms with Gasteiger partial charge in [-0.05, 0) is 36.2 Å². The Morgan fingerprint density at radius 3 is 2.96 bits per heavy atom. The number of carbonyl (C=O) groups is 1. The Labute approximate surface area is 162 Å². The molecule has 0 aliphatic rings. The molecule has 7 heteroatoms. The molecular weight excluding hydrogens is 356 g/mol. The fourth-order valence-electron chi connectivity index (χ4n) is 2.61. The van der Waals surface area contributed by atoms with Crippen LogP contribution in [-0.4, -0.2) is 28.7 Å². The summed E-state index contributed by atoms with van der Waals surface area (Å²) in [5.74, 6) is 0.475. The normalized spacial score (nSPS) is 11.0. The van der Waals surface area contributed by atoms with E-state index >= 15 is 0 Å². The van der Waals surface area contributed by atoms with E-state index in [9.17, 15) is 9.59 Å². The number of fused-ring (bicyclic) bond motifs is 1. The molecule has 0 aliphatic carbocycles. The van der Waals surface area contributed by atoms with E-state index in [0.29, 0.717) is 23.3 Å². The van der Waals surface area contributed by atoms with Crippen molar-refractivity contribution in [3.8, 4) is 5.75 Å². The molecular formula is C21H22N4O3. The van der Waals surface area contributed by atoms with Gasteiger partial charge in [0.25, 0.3) is 5.56 Å². The van der Waals surface area contributed by atoms with Crippen molar-refractivity contribution in [3.05, 3.63) is 70.1 Å². The highest BCUT2D eigenvalue weighted by molar-refractivity contribution is 5.83. The minimum Gasteiger partial charge on any atom is -0.494 e. The maximum atomic E-state index is 12.1. The Balaban J connectivity index is 1.54. The number of nitrogens with one attached hydrogen (secondary N) is 2. The zero-order chi connectivity index (χ0) is 19.8. The molecule has 0 saturated carbocycles. The lowest BCUT2D eigenvalue weighted by atomic mass is 10.2. The third kappa shape index (κ3) is 5.26. The Kier molecular flexibility index (Phi) is 6.51. The van der Waals surface area contributed by atoms with Crippen LogP contribution in [0.3, 0.4) is 0 Å². The van der Waals surface area contributed by atoms with Crippen LogP contribution in [0.2, 0.25) is 0 Å². The van der Waals surface area contributed by atoms with Crippen molar-refractivity contribution < 1.29 is 9.53 Å². The Hall–Kier alpha value is -3.48. The van der Waals surface area contributed by atoms with Crippen LogP contribution < -0.4 is 15.7 Å². The number of nitrogens with zero attached hydrogens (tertiary/aromatic N) is 2. The zero-order valence-corrected chi connectivity index (χ0v) is 15.6. The summed E-state index contributed by atoms with van der Waals surface area (Å²) in [4.78, 5) is 31.2. The van der Waals surface area contributed by atoms with E-state index < -0.39 is 0 Å². The summed E-state index contributed by atoms with van der Waals surface area (Å²) in [5, 5.41) is 3.96. The number of aromatic amines is 1. The van der Waals surface area contributed by atoms with Gasteiger partial charge in [-0.2, -0.15) is 5.10 Å². The largest absolute Gasteiger partial charge is 0.494 e. The monoisotopic (exact) mass is 378 g/mol. The van der Waals surface area contributed by atoms with Gasteiger partial charge in [-0.25, -0.2) is 10.4 Å². The van der Waals surface area contributed by atoms with Crippen LogP contribution in [-0.2, 0) is 11.2 Å². The number of H-pyrrole nitrogens is 1. The highest BCUT2D eigenvalue weighted by atomic mass is 16.5. The second kappa shape index (κ2) is 9.45. The fraction of sp³-hybridized carbons (Fsp3) is 0.238. The predicted molar refractivity (Wildman–Crippen MR) is 109 cm³/mol. The van der Waals surface area contributed by atoms with Crippen molar-refractivity contribution in [2.45, 2.75) is 26.2 Å². The van der Waals surface area contributed by atoms with E-state index in [4.69, 9.17) is 4.74 Å². The molecule has 0 bridgehead atoms. The third-order valence-electron chi connectivity index (χ3n) is 3.99. The number of hydrogen-bond donors (Lipinski definition) is 2. The van der Waals surface area contributed by atoms with E-state index in [0.717, 1.165) is 17.7 Å². The van der Waals surface area contributed by atoms with Gasteiger partial charge in [-0.1, -0.05) is 31.2 Å². The van der Waals surface area contributed by atoms with E-state index in [-0.39, 0.29) is 24.3 Å². The van der Waals surface area contributed by atoms with Crippen LogP contribution in [0.25, 0.3) is 11.0 Å². The quantitative estimate of drug-likeness (QED) is 0.465. The van der Waals surface area contributed by atoms with Gasteiger partial charge in [0.15, 0.2) is 0 Å². The maximum absolute atomic E-state index is 12.1. The van der Waals surface area contributed by atoms with Gasteiger partial charge < -0.3 is 9.72 Å². The average Bonchev–Trinajstić information content (AvgIpc) is 2.71. The number of aryl methyl sites for hydroxylation is 1. The van der Waals surface area contributed by atoms with Crippen molar-refractivity contribution in [2.75, 3.05) is 6.61 Å². The number of ether oxygens (including phenoxy) is 1. The van der Waals surface area contributed by atoms with Gasteiger partial charge in [-0.15, -0.1) is 0 Å². The lowest BCUT2D eigenvalue weighted by Gasteiger charge is -2.04. The molecule has 0 atom stereocenters. The molecule has 0 aliphatic heterocycles. The standard InChI is InChI=1S/C21H22N4O3/c1-2-12-28-16-7-5-6-15(13-16)14-22-25-20(26)11-10-19-21(27)24-18-9-4-3-8-17(18)23-19/h3-9,13-14H,2,10-12H2,1H3,(H,24,27)(H,25,26)/b22-14-. The van der Waals surface area contributed by atoms with Crippen LogP contribution in [0.4, 0.5) is 0 Å². The SMILES string of the molecule is CCCOc1cccc(/C=N\NC(=O)CCc2nc3ccccc3[nH]c2=O)c1. The number of amides is 1. The summed E-state index contributed by atoms with van der Waals surface area (Å²) < 4.78 is 5.56. The lowest BCUT2D eigenvalue weighted by molar-refractivity contribution is -0.121. The van der Waals surface area contributed by atoms with E-state index in [2.05, 4.69) is 20.5 Å². The second-order valence-corrected chi connectivity index (χ2v) is 6.24. The lowest BCUT2D eigenvalue weighted by Crippen LogP contribution is -2.21. The van der Waals surface area contributed by atoms with Crippen molar-refractivity contribution >= 4 is 23.2 Å². The fourth-order valence-corrected chi connectivity index (χ4v) is 2.61. The molecule has 0 spiro atoms. The summed E-state index contributed by atoms with van der Waals surface area (Å²) in [5.41, 5.74) is 4.72. The topological polar surface area (TPSA) is 96.4 Å². The molecule has 1 heterocycles. The number of para-hydroxylation sites is 2. The van der Waals surface area contributed by atoms with E-state index in [1.54, 1.807) is 12.3 Å². The van der Waals surface area contributed by atoms with Crippen LogP contribution >= 0.6 is 0 Å². The first-order valence-corrected chi connectivity index (χ1v) is 9.18. The highest BCUT2D eigenvalue weighted by Gasteiger charge is 2.07. The van der Waals surface area contributed by atoms with Crippen LogP contribution in [0.1, 0.15) is 31.0 Å². The molecule has 3 rings (SSSR count). The first-order chi connectivity index (χ1) is 13.7. The molecule has 144 valence electrons. The van der Waals surface area contributed by atoms with Crippen molar-refractivity contribution in [1.29, 1.82) is 0 Å². The van der Waals surface area contributed by atoms with Crippen molar-refractivity contribution in [2.24, 2.45) is 5.10 Å². The van der Waals surface area contributed by atoms with Gasteiger partial charge in [0, 0.05) is 12.8 Å². The molecule has 0 unspecified atom stereocenters. The van der Waals surface area contributed by atoms with Gasteiger partial charge in [0.1, 0.15) is 11.4 Å². The smallest absolute Gasteiger partial charge is 0.270 e. The molecule has 1 aromatic heterocycles. The first-order valence-electron chi connectivity index (χ1n) is 9.18. The predicted octanol–water partition coefficient (Wildman–Crippen LogP) is 2.79. The molecule has 7 nitrogen and oxygen atoms in total. The summed E-state index contributed by atoms with van der Waals surface area (Å²) in [6.07, 6.45) is 2.84. The molecule has 0 fully saturated rings.